The van der Waals surface area contributed by atoms with Crippen LogP contribution in [-0.2, 0) is 14.3 Å². The van der Waals surface area contributed by atoms with Crippen molar-refractivity contribution in [2.75, 3.05) is 27.8 Å². The summed E-state index contributed by atoms with van der Waals surface area (Å²) in [4.78, 5) is 26.1. The molecule has 2 unspecified atom stereocenters. The molecule has 0 aliphatic carbocycles. The Balaban J connectivity index is 1.83. The minimum absolute atomic E-state index is 0.120. The Kier molecular flexibility index (Phi) is 6.11. The van der Waals surface area contributed by atoms with E-state index in [9.17, 15) is 9.59 Å². The summed E-state index contributed by atoms with van der Waals surface area (Å²) in [6.07, 6.45) is 1.61. The van der Waals surface area contributed by atoms with Gasteiger partial charge in [-0.3, -0.25) is 9.69 Å². The van der Waals surface area contributed by atoms with E-state index < -0.39 is 11.9 Å². The Morgan fingerprint density at radius 3 is 2.29 bits per heavy atom. The first kappa shape index (κ1) is 19.6. The van der Waals surface area contributed by atoms with Crippen LogP contribution in [0.15, 0.2) is 66.4 Å². The van der Waals surface area contributed by atoms with Crippen LogP contribution < -0.4 is 4.74 Å². The zero-order chi connectivity index (χ0) is 20.1. The van der Waals surface area contributed by atoms with E-state index in [1.165, 1.54) is 14.2 Å². The van der Waals surface area contributed by atoms with Crippen molar-refractivity contribution in [1.82, 2.24) is 4.90 Å². The van der Waals surface area contributed by atoms with Gasteiger partial charge in [0.25, 0.3) is 0 Å². The average Bonchev–Trinajstić information content (AvgIpc) is 3.08. The van der Waals surface area contributed by atoms with Crippen molar-refractivity contribution in [2.24, 2.45) is 5.92 Å². The van der Waals surface area contributed by atoms with E-state index in [-0.39, 0.29) is 12.0 Å². The summed E-state index contributed by atoms with van der Waals surface area (Å²) in [5.74, 6) is -0.589. The monoisotopic (exact) mass is 381 g/mol. The van der Waals surface area contributed by atoms with Gasteiger partial charge in [0, 0.05) is 6.54 Å². The van der Waals surface area contributed by atoms with E-state index in [1.54, 1.807) is 30.5 Å². The minimum Gasteiger partial charge on any atom is -0.469 e. The molecule has 2 aromatic rings. The highest BCUT2D eigenvalue weighted by molar-refractivity contribution is 5.89. The molecule has 0 spiro atoms. The lowest BCUT2D eigenvalue weighted by atomic mass is 9.91. The molecule has 0 bridgehead atoms. The Morgan fingerprint density at radius 1 is 1.00 bits per heavy atom. The molecule has 2 atom stereocenters. The number of rotatable bonds is 5. The highest BCUT2D eigenvalue weighted by Crippen LogP contribution is 2.40. The number of carbonyl (C=O) groups excluding carboxylic acids is 2. The average molecular weight is 381 g/mol. The number of hydrogen-bond donors (Lipinski definition) is 0. The van der Waals surface area contributed by atoms with Crippen LogP contribution in [0.4, 0.5) is 0 Å². The topological polar surface area (TPSA) is 65.1 Å². The second kappa shape index (κ2) is 8.71. The van der Waals surface area contributed by atoms with Crippen LogP contribution in [-0.4, -0.2) is 44.7 Å². The second-order valence-corrected chi connectivity index (χ2v) is 6.60. The third-order valence-electron chi connectivity index (χ3n) is 4.84. The van der Waals surface area contributed by atoms with Crippen molar-refractivity contribution in [1.29, 1.82) is 0 Å². The molecule has 1 aliphatic heterocycles. The highest BCUT2D eigenvalue weighted by atomic mass is 16.5. The quantitative estimate of drug-likeness (QED) is 0.585. The van der Waals surface area contributed by atoms with Crippen molar-refractivity contribution in [3.63, 3.8) is 0 Å². The van der Waals surface area contributed by atoms with Crippen LogP contribution in [0.3, 0.4) is 0 Å². The lowest BCUT2D eigenvalue weighted by Crippen LogP contribution is -2.26. The summed E-state index contributed by atoms with van der Waals surface area (Å²) >= 11 is 0. The smallest absolute Gasteiger partial charge is 0.337 e. The van der Waals surface area contributed by atoms with Crippen LogP contribution in [0, 0.1) is 5.92 Å². The van der Waals surface area contributed by atoms with E-state index in [1.807, 2.05) is 37.4 Å². The first-order valence-corrected chi connectivity index (χ1v) is 8.92. The number of esters is 2. The maximum atomic E-state index is 12.5. The van der Waals surface area contributed by atoms with E-state index in [2.05, 4.69) is 9.64 Å². The molecule has 0 aromatic heterocycles. The van der Waals surface area contributed by atoms with Gasteiger partial charge in [0.1, 0.15) is 11.7 Å². The Morgan fingerprint density at radius 2 is 1.68 bits per heavy atom. The SMILES string of the molecule is COC(=O)c1ccc(O/C=C2\CN(C)C(c3ccccc3)C2C(=O)OC)cc1. The molecule has 6 heteroatoms. The summed E-state index contributed by atoms with van der Waals surface area (Å²) in [6, 6.07) is 16.4. The third kappa shape index (κ3) is 4.07. The van der Waals surface area contributed by atoms with Gasteiger partial charge >= 0.3 is 11.9 Å². The number of carbonyl (C=O) groups is 2. The van der Waals surface area contributed by atoms with E-state index in [0.717, 1.165) is 11.1 Å². The Hall–Kier alpha value is -3.12. The lowest BCUT2D eigenvalue weighted by molar-refractivity contribution is -0.145. The Bertz CT molecular complexity index is 860. The summed E-state index contributed by atoms with van der Waals surface area (Å²) in [6.45, 7) is 0.583. The van der Waals surface area contributed by atoms with Gasteiger partial charge in [-0.25, -0.2) is 4.79 Å². The molecule has 0 saturated carbocycles. The van der Waals surface area contributed by atoms with Crippen LogP contribution in [0.25, 0.3) is 0 Å². The molecular formula is C22H23NO5. The number of likely N-dealkylation sites (N-methyl/N-ethyl adjacent to an activating group) is 1. The minimum atomic E-state index is -0.452. The normalized spacial score (nSPS) is 20.8. The molecule has 1 saturated heterocycles. The molecule has 28 heavy (non-hydrogen) atoms. The molecule has 146 valence electrons. The van der Waals surface area contributed by atoms with Gasteiger partial charge in [0.05, 0.1) is 32.1 Å². The fourth-order valence-electron chi connectivity index (χ4n) is 3.49. The maximum Gasteiger partial charge on any atom is 0.337 e. The lowest BCUT2D eigenvalue weighted by Gasteiger charge is -2.23. The molecule has 0 radical (unpaired) electrons. The predicted molar refractivity (Wildman–Crippen MR) is 104 cm³/mol. The first-order chi connectivity index (χ1) is 13.5. The molecule has 0 amide bonds. The van der Waals surface area contributed by atoms with E-state index in [0.29, 0.717) is 17.9 Å². The predicted octanol–water partition coefficient (Wildman–Crippen LogP) is 3.21. The fourth-order valence-corrected chi connectivity index (χ4v) is 3.49. The number of nitrogens with zero attached hydrogens (tertiary/aromatic N) is 1. The van der Waals surface area contributed by atoms with Crippen LogP contribution >= 0.6 is 0 Å². The number of ether oxygens (including phenoxy) is 3. The molecule has 1 heterocycles. The maximum absolute atomic E-state index is 12.5. The second-order valence-electron chi connectivity index (χ2n) is 6.60. The summed E-state index contributed by atoms with van der Waals surface area (Å²) in [5.41, 5.74) is 2.33. The van der Waals surface area contributed by atoms with Gasteiger partial charge < -0.3 is 14.2 Å². The van der Waals surface area contributed by atoms with Crippen LogP contribution in [0.2, 0.25) is 0 Å². The standard InChI is InChI=1S/C22H23NO5/c1-23-13-17(14-28-18-11-9-16(10-12-18)21(24)26-2)19(22(25)27-3)20(23)15-7-5-4-6-8-15/h4-12,14,19-20H,13H2,1-3H3/b17-14+. The third-order valence-corrected chi connectivity index (χ3v) is 4.84. The summed E-state index contributed by atoms with van der Waals surface area (Å²) in [7, 11) is 4.70. The molecule has 2 aromatic carbocycles. The molecule has 3 rings (SSSR count). The van der Waals surface area contributed by atoms with Gasteiger partial charge in [-0.1, -0.05) is 30.3 Å². The van der Waals surface area contributed by atoms with Crippen molar-refractivity contribution in [3.8, 4) is 5.75 Å². The van der Waals surface area contributed by atoms with E-state index >= 15 is 0 Å². The largest absolute Gasteiger partial charge is 0.469 e. The Labute approximate surface area is 164 Å². The van der Waals surface area contributed by atoms with Crippen molar-refractivity contribution >= 4 is 11.9 Å². The molecule has 1 aliphatic rings. The first-order valence-electron chi connectivity index (χ1n) is 8.92. The molecular weight excluding hydrogens is 358 g/mol. The summed E-state index contributed by atoms with van der Waals surface area (Å²) < 4.78 is 15.5. The molecule has 0 N–H and O–H groups in total. The van der Waals surface area contributed by atoms with E-state index in [4.69, 9.17) is 9.47 Å². The number of benzene rings is 2. The number of likely N-dealkylation sites (tertiary alicyclic amines) is 1. The zero-order valence-corrected chi connectivity index (χ0v) is 16.1. The zero-order valence-electron chi connectivity index (χ0n) is 16.1. The van der Waals surface area contributed by atoms with Crippen LogP contribution in [0.5, 0.6) is 5.75 Å². The van der Waals surface area contributed by atoms with Crippen molar-refractivity contribution in [3.05, 3.63) is 77.6 Å². The van der Waals surface area contributed by atoms with Gasteiger partial charge in [-0.15, -0.1) is 0 Å². The van der Waals surface area contributed by atoms with Crippen LogP contribution in [0.1, 0.15) is 22.0 Å². The van der Waals surface area contributed by atoms with Gasteiger partial charge in [-0.05, 0) is 42.4 Å². The van der Waals surface area contributed by atoms with Gasteiger partial charge in [0.2, 0.25) is 0 Å². The van der Waals surface area contributed by atoms with Crippen molar-refractivity contribution in [2.45, 2.75) is 6.04 Å². The number of hydrogen-bond acceptors (Lipinski definition) is 6. The fraction of sp³-hybridized carbons (Fsp3) is 0.273. The number of methoxy groups -OCH3 is 2. The molecule has 6 nitrogen and oxygen atoms in total. The highest BCUT2D eigenvalue weighted by Gasteiger charge is 2.42. The summed E-state index contributed by atoms with van der Waals surface area (Å²) in [5, 5.41) is 0. The van der Waals surface area contributed by atoms with Gasteiger partial charge in [0.15, 0.2) is 0 Å². The van der Waals surface area contributed by atoms with Gasteiger partial charge in [-0.2, -0.15) is 0 Å². The molecule has 1 fully saturated rings. The van der Waals surface area contributed by atoms with Crippen molar-refractivity contribution < 1.29 is 23.8 Å².